The summed E-state index contributed by atoms with van der Waals surface area (Å²) in [5.74, 6) is 0. The van der Waals surface area contributed by atoms with Crippen LogP contribution in [0.5, 0.6) is 0 Å². The second kappa shape index (κ2) is 6.46. The van der Waals surface area contributed by atoms with Crippen molar-refractivity contribution >= 4 is 0 Å². The molecule has 2 aromatic heterocycles. The number of aromatic nitrogens is 4. The van der Waals surface area contributed by atoms with Gasteiger partial charge in [-0.2, -0.15) is 5.10 Å². The van der Waals surface area contributed by atoms with E-state index < -0.39 is 0 Å². The molecule has 0 N–H and O–H groups in total. The summed E-state index contributed by atoms with van der Waals surface area (Å²) in [6, 6.07) is 0.219. The molecule has 0 bridgehead atoms. The molecule has 6 nitrogen and oxygen atoms in total. The van der Waals surface area contributed by atoms with E-state index >= 15 is 0 Å². The van der Waals surface area contributed by atoms with Crippen molar-refractivity contribution in [2.45, 2.75) is 19.0 Å². The van der Waals surface area contributed by atoms with Gasteiger partial charge in [-0.1, -0.05) is 6.08 Å². The van der Waals surface area contributed by atoms with E-state index in [1.54, 1.807) is 6.08 Å². The fraction of sp³-hybridized carbons (Fsp3) is 0.500. The van der Waals surface area contributed by atoms with Gasteiger partial charge in [0.25, 0.3) is 0 Å². The lowest BCUT2D eigenvalue weighted by Gasteiger charge is -2.35. The molecular weight excluding hydrogens is 278 g/mol. The van der Waals surface area contributed by atoms with Gasteiger partial charge in [0, 0.05) is 45.4 Å². The Bertz CT molecular complexity index is 645. The molecule has 0 fully saturated rings. The topological polar surface area (TPSA) is 48.1 Å². The molecule has 118 valence electrons. The standard InChI is InChI=1S/C16H23N5O/c1-4-7-22-11-15-16-14(17-12-19(16)2)5-6-21(15)10-13-8-18-20(3)9-13/h4,8-9,12,15H,1,5-7,10-11H2,2-3H3. The summed E-state index contributed by atoms with van der Waals surface area (Å²) in [6.45, 7) is 6.81. The van der Waals surface area contributed by atoms with Gasteiger partial charge in [-0.25, -0.2) is 4.98 Å². The molecule has 1 aliphatic heterocycles. The number of rotatable bonds is 6. The molecule has 1 atom stereocenters. The highest BCUT2D eigenvalue weighted by Crippen LogP contribution is 2.30. The van der Waals surface area contributed by atoms with Gasteiger partial charge in [-0.05, 0) is 0 Å². The lowest BCUT2D eigenvalue weighted by Crippen LogP contribution is -2.38. The molecule has 3 heterocycles. The van der Waals surface area contributed by atoms with Gasteiger partial charge in [-0.3, -0.25) is 9.58 Å². The van der Waals surface area contributed by atoms with E-state index in [4.69, 9.17) is 4.74 Å². The van der Waals surface area contributed by atoms with Crippen molar-refractivity contribution in [3.05, 3.63) is 48.3 Å². The molecule has 0 aliphatic carbocycles. The van der Waals surface area contributed by atoms with E-state index in [-0.39, 0.29) is 6.04 Å². The monoisotopic (exact) mass is 301 g/mol. The summed E-state index contributed by atoms with van der Waals surface area (Å²) >= 11 is 0. The molecule has 0 spiro atoms. The van der Waals surface area contributed by atoms with Crippen LogP contribution >= 0.6 is 0 Å². The minimum absolute atomic E-state index is 0.219. The van der Waals surface area contributed by atoms with Gasteiger partial charge in [-0.15, -0.1) is 6.58 Å². The Morgan fingerprint density at radius 3 is 3.05 bits per heavy atom. The first-order chi connectivity index (χ1) is 10.7. The molecule has 1 aliphatic rings. The Hall–Kier alpha value is -1.92. The van der Waals surface area contributed by atoms with Crippen LogP contribution in [-0.4, -0.2) is 44.0 Å². The van der Waals surface area contributed by atoms with Crippen molar-refractivity contribution < 1.29 is 4.74 Å². The predicted molar refractivity (Wildman–Crippen MR) is 84.3 cm³/mol. The van der Waals surface area contributed by atoms with Crippen LogP contribution in [0.15, 0.2) is 31.4 Å². The van der Waals surface area contributed by atoms with Crippen molar-refractivity contribution in [3.63, 3.8) is 0 Å². The van der Waals surface area contributed by atoms with E-state index in [1.807, 2.05) is 24.3 Å². The fourth-order valence-electron chi connectivity index (χ4n) is 3.11. The van der Waals surface area contributed by atoms with Crippen LogP contribution in [-0.2, 0) is 31.8 Å². The van der Waals surface area contributed by atoms with Crippen molar-refractivity contribution in [3.8, 4) is 0 Å². The second-order valence-corrected chi connectivity index (χ2v) is 5.77. The van der Waals surface area contributed by atoms with Gasteiger partial charge < -0.3 is 9.30 Å². The Morgan fingerprint density at radius 2 is 2.32 bits per heavy atom. The third kappa shape index (κ3) is 2.98. The molecular formula is C16H23N5O. The maximum absolute atomic E-state index is 5.76. The maximum atomic E-state index is 5.76. The third-order valence-corrected chi connectivity index (χ3v) is 4.11. The highest BCUT2D eigenvalue weighted by Gasteiger charge is 2.31. The van der Waals surface area contributed by atoms with Gasteiger partial charge in [0.15, 0.2) is 0 Å². The normalized spacial score (nSPS) is 18.4. The quantitative estimate of drug-likeness (QED) is 0.598. The zero-order chi connectivity index (χ0) is 15.5. The van der Waals surface area contributed by atoms with Crippen LogP contribution in [0, 0.1) is 0 Å². The van der Waals surface area contributed by atoms with Crippen LogP contribution in [0.25, 0.3) is 0 Å². The summed E-state index contributed by atoms with van der Waals surface area (Å²) < 4.78 is 9.72. The first-order valence-corrected chi connectivity index (χ1v) is 7.59. The summed E-state index contributed by atoms with van der Waals surface area (Å²) in [5, 5.41) is 4.26. The molecule has 3 rings (SSSR count). The van der Waals surface area contributed by atoms with E-state index in [2.05, 4.69) is 39.4 Å². The van der Waals surface area contributed by atoms with Gasteiger partial charge in [0.05, 0.1) is 43.2 Å². The van der Waals surface area contributed by atoms with E-state index in [0.29, 0.717) is 13.2 Å². The highest BCUT2D eigenvalue weighted by molar-refractivity contribution is 5.22. The largest absolute Gasteiger partial charge is 0.375 e. The number of aryl methyl sites for hydroxylation is 2. The third-order valence-electron chi connectivity index (χ3n) is 4.11. The number of ether oxygens (including phenoxy) is 1. The van der Waals surface area contributed by atoms with Gasteiger partial charge >= 0.3 is 0 Å². The predicted octanol–water partition coefficient (Wildman–Crippen LogP) is 1.46. The van der Waals surface area contributed by atoms with E-state index in [1.165, 1.54) is 17.0 Å². The van der Waals surface area contributed by atoms with Gasteiger partial charge in [0.1, 0.15) is 0 Å². The smallest absolute Gasteiger partial charge is 0.0949 e. The molecule has 22 heavy (non-hydrogen) atoms. The average molecular weight is 301 g/mol. The van der Waals surface area contributed by atoms with Crippen molar-refractivity contribution in [2.24, 2.45) is 14.1 Å². The maximum Gasteiger partial charge on any atom is 0.0949 e. The first kappa shape index (κ1) is 15.0. The summed E-state index contributed by atoms with van der Waals surface area (Å²) in [4.78, 5) is 6.97. The summed E-state index contributed by atoms with van der Waals surface area (Å²) in [6.07, 6.45) is 8.67. The Morgan fingerprint density at radius 1 is 1.45 bits per heavy atom. The number of fused-ring (bicyclic) bond motifs is 1. The second-order valence-electron chi connectivity index (χ2n) is 5.77. The number of hydrogen-bond donors (Lipinski definition) is 0. The Labute approximate surface area is 131 Å². The Kier molecular flexibility index (Phi) is 4.40. The summed E-state index contributed by atoms with van der Waals surface area (Å²) in [7, 11) is 4.00. The van der Waals surface area contributed by atoms with Crippen LogP contribution in [0.2, 0.25) is 0 Å². The number of imidazole rings is 1. The number of hydrogen-bond acceptors (Lipinski definition) is 4. The Balaban J connectivity index is 1.81. The van der Waals surface area contributed by atoms with Crippen LogP contribution in [0.1, 0.15) is 23.0 Å². The van der Waals surface area contributed by atoms with Crippen LogP contribution in [0.3, 0.4) is 0 Å². The molecule has 6 heteroatoms. The zero-order valence-corrected chi connectivity index (χ0v) is 13.3. The van der Waals surface area contributed by atoms with Crippen molar-refractivity contribution in [1.82, 2.24) is 24.2 Å². The molecule has 1 unspecified atom stereocenters. The van der Waals surface area contributed by atoms with Crippen molar-refractivity contribution in [1.29, 1.82) is 0 Å². The first-order valence-electron chi connectivity index (χ1n) is 7.59. The lowest BCUT2D eigenvalue weighted by atomic mass is 10.0. The lowest BCUT2D eigenvalue weighted by molar-refractivity contribution is 0.0586. The number of nitrogens with zero attached hydrogens (tertiary/aromatic N) is 5. The minimum atomic E-state index is 0.219. The van der Waals surface area contributed by atoms with E-state index in [0.717, 1.165) is 19.5 Å². The minimum Gasteiger partial charge on any atom is -0.375 e. The van der Waals surface area contributed by atoms with Crippen molar-refractivity contribution in [2.75, 3.05) is 19.8 Å². The molecule has 0 aromatic carbocycles. The molecule has 0 amide bonds. The summed E-state index contributed by atoms with van der Waals surface area (Å²) in [5.41, 5.74) is 3.68. The van der Waals surface area contributed by atoms with Gasteiger partial charge in [0.2, 0.25) is 0 Å². The average Bonchev–Trinajstić information content (AvgIpc) is 3.08. The highest BCUT2D eigenvalue weighted by atomic mass is 16.5. The van der Waals surface area contributed by atoms with E-state index in [9.17, 15) is 0 Å². The molecule has 0 saturated heterocycles. The molecule has 0 saturated carbocycles. The van der Waals surface area contributed by atoms with Crippen LogP contribution in [0.4, 0.5) is 0 Å². The molecule has 2 aromatic rings. The SMILES string of the molecule is C=CCOCC1c2c(ncn2C)CCN1Cc1cnn(C)c1. The molecule has 0 radical (unpaired) electrons. The van der Waals surface area contributed by atoms with Crippen LogP contribution < -0.4 is 0 Å². The zero-order valence-electron chi connectivity index (χ0n) is 13.3. The fourth-order valence-corrected chi connectivity index (χ4v) is 3.11.